The first-order valence-corrected chi connectivity index (χ1v) is 12.1. The number of aryl methyl sites for hydroxylation is 1. The number of nitrogens with zero attached hydrogens (tertiary/aromatic N) is 2. The molecule has 0 bridgehead atoms. The normalized spacial score (nSPS) is 14.4. The van der Waals surface area contributed by atoms with Crippen LogP contribution in [0.15, 0.2) is 66.9 Å². The topological polar surface area (TPSA) is 54.5 Å². The van der Waals surface area contributed by atoms with E-state index in [1.807, 2.05) is 48.5 Å². The fraction of sp³-hybridized carbons (Fsp3) is 0.310. The number of anilines is 2. The predicted octanol–water partition coefficient (Wildman–Crippen LogP) is 5.99. The number of carbonyl (C=O) groups is 1. The highest BCUT2D eigenvalue weighted by atomic mass is 16.5. The van der Waals surface area contributed by atoms with Crippen molar-refractivity contribution in [3.8, 4) is 0 Å². The Kier molecular flexibility index (Phi) is 8.60. The predicted molar refractivity (Wildman–Crippen MR) is 140 cm³/mol. The number of ketones is 1. The fourth-order valence-electron chi connectivity index (χ4n) is 4.10. The second kappa shape index (κ2) is 12.3. The van der Waals surface area contributed by atoms with E-state index in [-0.39, 0.29) is 5.78 Å². The Morgan fingerprint density at radius 3 is 2.71 bits per heavy atom. The van der Waals surface area contributed by atoms with Gasteiger partial charge in [-0.15, -0.1) is 0 Å². The van der Waals surface area contributed by atoms with Gasteiger partial charge in [0, 0.05) is 42.6 Å². The minimum Gasteiger partial charge on any atom is -0.379 e. The fourth-order valence-corrected chi connectivity index (χ4v) is 4.10. The standard InChI is InChI=1S/C29H33N3O2/c1-23-21-24(11-13-26-8-2-4-15-30-26)12-14-28(23)31-27-9-6-7-25(22-27)29(33)10-3-5-16-32-17-19-34-20-18-32/h2,4,6-9,11-15,21-22,31H,3,5,10,16-20H2,1H3/b13-11+. The van der Waals surface area contributed by atoms with Crippen LogP contribution in [0.4, 0.5) is 11.4 Å². The molecule has 5 nitrogen and oxygen atoms in total. The summed E-state index contributed by atoms with van der Waals surface area (Å²) in [6.45, 7) is 6.78. The molecule has 2 aromatic carbocycles. The minimum absolute atomic E-state index is 0.206. The van der Waals surface area contributed by atoms with E-state index in [9.17, 15) is 4.79 Å². The molecule has 176 valence electrons. The average Bonchev–Trinajstić information content (AvgIpc) is 2.88. The third-order valence-electron chi connectivity index (χ3n) is 6.08. The molecule has 0 atom stereocenters. The van der Waals surface area contributed by atoms with Crippen LogP contribution in [0.25, 0.3) is 12.2 Å². The van der Waals surface area contributed by atoms with Crippen molar-refractivity contribution in [3.63, 3.8) is 0 Å². The number of pyridine rings is 1. The molecule has 5 heteroatoms. The average molecular weight is 456 g/mol. The molecule has 34 heavy (non-hydrogen) atoms. The number of ether oxygens (including phenoxy) is 1. The van der Waals surface area contributed by atoms with E-state index < -0.39 is 0 Å². The number of nitrogens with one attached hydrogen (secondary N) is 1. The number of unbranched alkanes of at least 4 members (excludes halogenated alkanes) is 1. The van der Waals surface area contributed by atoms with Crippen molar-refractivity contribution in [2.75, 3.05) is 38.2 Å². The van der Waals surface area contributed by atoms with Crippen LogP contribution in [0.1, 0.15) is 46.4 Å². The lowest BCUT2D eigenvalue weighted by Crippen LogP contribution is -2.36. The molecule has 2 heterocycles. The van der Waals surface area contributed by atoms with E-state index in [1.54, 1.807) is 6.20 Å². The van der Waals surface area contributed by atoms with E-state index in [0.29, 0.717) is 6.42 Å². The van der Waals surface area contributed by atoms with Crippen molar-refractivity contribution < 1.29 is 9.53 Å². The lowest BCUT2D eigenvalue weighted by molar-refractivity contribution is 0.0371. The number of Topliss-reactive ketones (excluding diaryl/α,β-unsaturated/α-hetero) is 1. The number of carbonyl (C=O) groups excluding carboxylic acids is 1. The van der Waals surface area contributed by atoms with Gasteiger partial charge in [0.05, 0.1) is 18.9 Å². The summed E-state index contributed by atoms with van der Waals surface area (Å²) in [5, 5.41) is 3.47. The van der Waals surface area contributed by atoms with Gasteiger partial charge in [-0.1, -0.05) is 30.3 Å². The molecule has 0 spiro atoms. The van der Waals surface area contributed by atoms with Crippen LogP contribution in [-0.4, -0.2) is 48.5 Å². The molecule has 0 unspecified atom stereocenters. The van der Waals surface area contributed by atoms with Crippen molar-refractivity contribution in [3.05, 3.63) is 89.2 Å². The SMILES string of the molecule is Cc1cc(/C=C/c2ccccn2)ccc1Nc1cccc(C(=O)CCCCN2CCOCC2)c1. The highest BCUT2D eigenvalue weighted by Crippen LogP contribution is 2.24. The van der Waals surface area contributed by atoms with Gasteiger partial charge < -0.3 is 10.1 Å². The molecule has 0 saturated carbocycles. The molecule has 1 aliphatic heterocycles. The smallest absolute Gasteiger partial charge is 0.162 e. The van der Waals surface area contributed by atoms with Crippen LogP contribution in [0.5, 0.6) is 0 Å². The third-order valence-corrected chi connectivity index (χ3v) is 6.08. The van der Waals surface area contributed by atoms with E-state index in [0.717, 1.165) is 79.4 Å². The molecular weight excluding hydrogens is 422 g/mol. The molecule has 1 fully saturated rings. The highest BCUT2D eigenvalue weighted by molar-refractivity contribution is 5.97. The Morgan fingerprint density at radius 1 is 1.03 bits per heavy atom. The van der Waals surface area contributed by atoms with Crippen molar-refractivity contribution in [2.45, 2.75) is 26.2 Å². The van der Waals surface area contributed by atoms with Gasteiger partial charge in [-0.05, 0) is 79.9 Å². The van der Waals surface area contributed by atoms with Gasteiger partial charge in [0.15, 0.2) is 5.78 Å². The van der Waals surface area contributed by atoms with E-state index in [4.69, 9.17) is 4.74 Å². The Balaban J connectivity index is 1.30. The van der Waals surface area contributed by atoms with Crippen molar-refractivity contribution in [1.82, 2.24) is 9.88 Å². The maximum Gasteiger partial charge on any atom is 0.162 e. The summed E-state index contributed by atoms with van der Waals surface area (Å²) in [5.74, 6) is 0.206. The van der Waals surface area contributed by atoms with Gasteiger partial charge in [0.2, 0.25) is 0 Å². The quantitative estimate of drug-likeness (QED) is 0.301. The van der Waals surface area contributed by atoms with Crippen LogP contribution < -0.4 is 5.32 Å². The largest absolute Gasteiger partial charge is 0.379 e. The first-order chi connectivity index (χ1) is 16.7. The minimum atomic E-state index is 0.206. The Hall–Kier alpha value is -3.28. The molecule has 1 N–H and O–H groups in total. The number of hydrogen-bond acceptors (Lipinski definition) is 5. The van der Waals surface area contributed by atoms with Gasteiger partial charge in [-0.25, -0.2) is 0 Å². The lowest BCUT2D eigenvalue weighted by atomic mass is 10.0. The Morgan fingerprint density at radius 2 is 1.91 bits per heavy atom. The molecule has 1 saturated heterocycles. The number of hydrogen-bond donors (Lipinski definition) is 1. The zero-order valence-electron chi connectivity index (χ0n) is 19.9. The van der Waals surface area contributed by atoms with E-state index in [2.05, 4.69) is 46.4 Å². The van der Waals surface area contributed by atoms with Gasteiger partial charge in [0.25, 0.3) is 0 Å². The van der Waals surface area contributed by atoms with E-state index in [1.165, 1.54) is 0 Å². The second-order valence-corrected chi connectivity index (χ2v) is 8.70. The Bertz CT molecular complexity index is 1110. The number of morpholine rings is 1. The summed E-state index contributed by atoms with van der Waals surface area (Å²) in [4.78, 5) is 19.5. The second-order valence-electron chi connectivity index (χ2n) is 8.70. The molecule has 1 aromatic heterocycles. The van der Waals surface area contributed by atoms with Crippen molar-refractivity contribution in [2.24, 2.45) is 0 Å². The summed E-state index contributed by atoms with van der Waals surface area (Å²) < 4.78 is 5.39. The first-order valence-electron chi connectivity index (χ1n) is 12.1. The summed E-state index contributed by atoms with van der Waals surface area (Å²) in [7, 11) is 0. The Labute approximate surface area is 202 Å². The van der Waals surface area contributed by atoms with Crippen LogP contribution in [-0.2, 0) is 4.74 Å². The number of aromatic nitrogens is 1. The maximum absolute atomic E-state index is 12.7. The molecule has 0 aliphatic carbocycles. The highest BCUT2D eigenvalue weighted by Gasteiger charge is 2.11. The molecule has 1 aliphatic rings. The number of benzene rings is 2. The monoisotopic (exact) mass is 455 g/mol. The van der Waals surface area contributed by atoms with Crippen LogP contribution in [0.2, 0.25) is 0 Å². The summed E-state index contributed by atoms with van der Waals surface area (Å²) in [5.41, 5.74) is 5.93. The van der Waals surface area contributed by atoms with Crippen molar-refractivity contribution in [1.29, 1.82) is 0 Å². The van der Waals surface area contributed by atoms with Crippen LogP contribution >= 0.6 is 0 Å². The zero-order chi connectivity index (χ0) is 23.6. The van der Waals surface area contributed by atoms with Crippen LogP contribution in [0, 0.1) is 6.92 Å². The molecule has 0 amide bonds. The van der Waals surface area contributed by atoms with Gasteiger partial charge in [0.1, 0.15) is 0 Å². The third kappa shape index (κ3) is 7.11. The van der Waals surface area contributed by atoms with E-state index >= 15 is 0 Å². The number of rotatable bonds is 10. The lowest BCUT2D eigenvalue weighted by Gasteiger charge is -2.26. The summed E-state index contributed by atoms with van der Waals surface area (Å²) in [6.07, 6.45) is 8.42. The van der Waals surface area contributed by atoms with Gasteiger partial charge in [-0.3, -0.25) is 14.7 Å². The zero-order valence-corrected chi connectivity index (χ0v) is 19.9. The molecular formula is C29H33N3O2. The van der Waals surface area contributed by atoms with Crippen LogP contribution in [0.3, 0.4) is 0 Å². The maximum atomic E-state index is 12.7. The van der Waals surface area contributed by atoms with Crippen molar-refractivity contribution >= 4 is 29.3 Å². The first kappa shape index (κ1) is 23.9. The molecule has 4 rings (SSSR count). The van der Waals surface area contributed by atoms with Gasteiger partial charge in [-0.2, -0.15) is 0 Å². The molecule has 3 aromatic rings. The summed E-state index contributed by atoms with van der Waals surface area (Å²) >= 11 is 0. The summed E-state index contributed by atoms with van der Waals surface area (Å²) in [6, 6.07) is 20.0. The van der Waals surface area contributed by atoms with Gasteiger partial charge >= 0.3 is 0 Å². The molecule has 0 radical (unpaired) electrons.